The van der Waals surface area contributed by atoms with Gasteiger partial charge < -0.3 is 5.11 Å². The van der Waals surface area contributed by atoms with Gasteiger partial charge in [0.1, 0.15) is 0 Å². The van der Waals surface area contributed by atoms with Crippen molar-refractivity contribution >= 4 is 5.97 Å². The van der Waals surface area contributed by atoms with Crippen LogP contribution in [0.2, 0.25) is 0 Å². The average molecular weight is 256 g/mol. The summed E-state index contributed by atoms with van der Waals surface area (Å²) in [4.78, 5) is 10.7. The van der Waals surface area contributed by atoms with E-state index in [1.165, 1.54) is 5.56 Å². The second kappa shape index (κ2) is 8.09. The molecule has 2 aromatic rings. The van der Waals surface area contributed by atoms with Gasteiger partial charge in [0.15, 0.2) is 0 Å². The molecular weight excluding hydrogens is 236 g/mol. The van der Waals surface area contributed by atoms with E-state index in [1.54, 1.807) is 12.1 Å². The van der Waals surface area contributed by atoms with Gasteiger partial charge in [-0.1, -0.05) is 67.4 Å². The summed E-state index contributed by atoms with van der Waals surface area (Å²) in [5.74, 6) is -0.834. The first-order chi connectivity index (χ1) is 9.15. The highest BCUT2D eigenvalue weighted by molar-refractivity contribution is 5.89. The van der Waals surface area contributed by atoms with Crippen LogP contribution >= 0.6 is 0 Å². The summed E-state index contributed by atoms with van der Waals surface area (Å²) in [6, 6.07) is 17.4. The highest BCUT2D eigenvalue weighted by Gasteiger charge is 2.06. The van der Waals surface area contributed by atoms with Crippen molar-refractivity contribution in [3.8, 4) is 0 Å². The first-order valence-electron chi connectivity index (χ1n) is 6.48. The molecule has 0 bridgehead atoms. The van der Waals surface area contributed by atoms with Crippen LogP contribution in [0.15, 0.2) is 54.6 Å². The van der Waals surface area contributed by atoms with Crippen molar-refractivity contribution in [2.45, 2.75) is 26.7 Å². The quantitative estimate of drug-likeness (QED) is 0.887. The third-order valence-corrected chi connectivity index (χ3v) is 2.71. The molecule has 2 rings (SSSR count). The van der Waals surface area contributed by atoms with Gasteiger partial charge >= 0.3 is 5.97 Å². The molecule has 0 aliphatic carbocycles. The van der Waals surface area contributed by atoms with Gasteiger partial charge in [0, 0.05) is 0 Å². The Morgan fingerprint density at radius 3 is 2.05 bits per heavy atom. The predicted molar refractivity (Wildman–Crippen MR) is 78.6 cm³/mol. The van der Waals surface area contributed by atoms with Crippen molar-refractivity contribution in [1.29, 1.82) is 0 Å². The topological polar surface area (TPSA) is 37.3 Å². The second-order valence-electron chi connectivity index (χ2n) is 4.37. The monoisotopic (exact) mass is 256 g/mol. The lowest BCUT2D eigenvalue weighted by atomic mass is 10.0. The van der Waals surface area contributed by atoms with Crippen LogP contribution in [-0.2, 0) is 6.42 Å². The molecule has 2 aromatic carbocycles. The molecule has 0 saturated heterocycles. The number of carboxylic acids is 1. The summed E-state index contributed by atoms with van der Waals surface area (Å²) in [7, 11) is 0. The summed E-state index contributed by atoms with van der Waals surface area (Å²) in [5, 5.41) is 8.79. The number of rotatable bonds is 3. The molecule has 0 aromatic heterocycles. The van der Waals surface area contributed by atoms with E-state index < -0.39 is 5.97 Å². The van der Waals surface area contributed by atoms with E-state index in [4.69, 9.17) is 5.11 Å². The van der Waals surface area contributed by atoms with Crippen LogP contribution < -0.4 is 0 Å². The molecule has 0 aliphatic rings. The Kier molecular flexibility index (Phi) is 6.37. The lowest BCUT2D eigenvalue weighted by molar-refractivity contribution is 0.0695. The van der Waals surface area contributed by atoms with Crippen molar-refractivity contribution in [3.05, 3.63) is 71.3 Å². The molecule has 1 N–H and O–H groups in total. The van der Waals surface area contributed by atoms with E-state index >= 15 is 0 Å². The lowest BCUT2D eigenvalue weighted by Crippen LogP contribution is -2.01. The predicted octanol–water partition coefficient (Wildman–Crippen LogP) is 4.33. The van der Waals surface area contributed by atoms with Gasteiger partial charge in [0.05, 0.1) is 5.56 Å². The molecule has 2 nitrogen and oxygen atoms in total. The molecule has 0 aliphatic heterocycles. The van der Waals surface area contributed by atoms with Gasteiger partial charge in [0.2, 0.25) is 0 Å². The molecular formula is C17H20O2. The molecule has 100 valence electrons. The molecule has 0 atom stereocenters. The fourth-order valence-corrected chi connectivity index (χ4v) is 1.75. The number of aromatic carboxylic acids is 1. The number of hydrogen-bond acceptors (Lipinski definition) is 1. The second-order valence-corrected chi connectivity index (χ2v) is 4.37. The number of aryl methyl sites for hydroxylation is 2. The Bertz CT molecular complexity index is 504. The average Bonchev–Trinajstić information content (AvgIpc) is 2.41. The van der Waals surface area contributed by atoms with Crippen LogP contribution in [0.5, 0.6) is 0 Å². The number of carbonyl (C=O) groups is 1. The van der Waals surface area contributed by atoms with Gasteiger partial charge in [-0.3, -0.25) is 0 Å². The summed E-state index contributed by atoms with van der Waals surface area (Å²) in [5.41, 5.74) is 2.68. The van der Waals surface area contributed by atoms with Crippen LogP contribution in [0, 0.1) is 6.92 Å². The van der Waals surface area contributed by atoms with E-state index in [1.807, 2.05) is 37.3 Å². The van der Waals surface area contributed by atoms with Crippen molar-refractivity contribution in [3.63, 3.8) is 0 Å². The van der Waals surface area contributed by atoms with Crippen LogP contribution in [-0.4, -0.2) is 11.1 Å². The van der Waals surface area contributed by atoms with Crippen molar-refractivity contribution in [1.82, 2.24) is 0 Å². The molecule has 0 heterocycles. The van der Waals surface area contributed by atoms with E-state index in [9.17, 15) is 4.79 Å². The van der Waals surface area contributed by atoms with E-state index in [-0.39, 0.29) is 0 Å². The lowest BCUT2D eigenvalue weighted by Gasteiger charge is -2.02. The Morgan fingerprint density at radius 2 is 1.58 bits per heavy atom. The summed E-state index contributed by atoms with van der Waals surface area (Å²) < 4.78 is 0. The smallest absolute Gasteiger partial charge is 0.335 e. The Morgan fingerprint density at radius 1 is 1.00 bits per heavy atom. The van der Waals surface area contributed by atoms with Gasteiger partial charge in [-0.05, 0) is 25.0 Å². The van der Waals surface area contributed by atoms with E-state index in [0.717, 1.165) is 18.4 Å². The normalized spacial score (nSPS) is 9.37. The first-order valence-corrected chi connectivity index (χ1v) is 6.48. The summed E-state index contributed by atoms with van der Waals surface area (Å²) in [6.45, 7) is 4.12. The van der Waals surface area contributed by atoms with Gasteiger partial charge in [-0.2, -0.15) is 0 Å². The van der Waals surface area contributed by atoms with Crippen LogP contribution in [0.4, 0.5) is 0 Å². The SMILES string of the molecule is CCCc1ccccc1C(=O)O.Cc1ccccc1. The zero-order chi connectivity index (χ0) is 14.1. The zero-order valence-electron chi connectivity index (χ0n) is 11.5. The molecule has 0 radical (unpaired) electrons. The van der Waals surface area contributed by atoms with Crippen molar-refractivity contribution in [2.75, 3.05) is 0 Å². The van der Waals surface area contributed by atoms with Crippen LogP contribution in [0.3, 0.4) is 0 Å². The Labute approximate surface area is 114 Å². The maximum Gasteiger partial charge on any atom is 0.335 e. The van der Waals surface area contributed by atoms with E-state index in [2.05, 4.69) is 19.1 Å². The fourth-order valence-electron chi connectivity index (χ4n) is 1.75. The molecule has 0 spiro atoms. The Hall–Kier alpha value is -2.09. The largest absolute Gasteiger partial charge is 0.478 e. The maximum absolute atomic E-state index is 10.7. The molecule has 19 heavy (non-hydrogen) atoms. The van der Waals surface area contributed by atoms with Crippen molar-refractivity contribution in [2.24, 2.45) is 0 Å². The highest BCUT2D eigenvalue weighted by atomic mass is 16.4. The fraction of sp³-hybridized carbons (Fsp3) is 0.235. The van der Waals surface area contributed by atoms with Crippen LogP contribution in [0.1, 0.15) is 34.8 Å². The number of carboxylic acid groups (broad SMARTS) is 1. The van der Waals surface area contributed by atoms with E-state index in [0.29, 0.717) is 5.56 Å². The zero-order valence-corrected chi connectivity index (χ0v) is 11.5. The maximum atomic E-state index is 10.7. The minimum atomic E-state index is -0.834. The van der Waals surface area contributed by atoms with Crippen molar-refractivity contribution < 1.29 is 9.90 Å². The molecule has 0 unspecified atom stereocenters. The number of hydrogen-bond donors (Lipinski definition) is 1. The van der Waals surface area contributed by atoms with Gasteiger partial charge in [-0.15, -0.1) is 0 Å². The first kappa shape index (κ1) is 15.0. The minimum absolute atomic E-state index is 0.430. The minimum Gasteiger partial charge on any atom is -0.478 e. The number of benzene rings is 2. The van der Waals surface area contributed by atoms with Gasteiger partial charge in [-0.25, -0.2) is 4.79 Å². The molecule has 0 saturated carbocycles. The summed E-state index contributed by atoms with van der Waals surface area (Å²) >= 11 is 0. The highest BCUT2D eigenvalue weighted by Crippen LogP contribution is 2.10. The third kappa shape index (κ3) is 5.38. The molecule has 0 amide bonds. The van der Waals surface area contributed by atoms with Gasteiger partial charge in [0.25, 0.3) is 0 Å². The molecule has 0 fully saturated rings. The molecule has 2 heteroatoms. The third-order valence-electron chi connectivity index (χ3n) is 2.71. The standard InChI is InChI=1S/C10H12O2.C7H8/c1-2-5-8-6-3-4-7-9(8)10(11)12;1-7-5-3-2-4-6-7/h3-4,6-7H,2,5H2,1H3,(H,11,12);2-6H,1H3. The Balaban J connectivity index is 0.000000218. The van der Waals surface area contributed by atoms with Crippen LogP contribution in [0.25, 0.3) is 0 Å². The summed E-state index contributed by atoms with van der Waals surface area (Å²) in [6.07, 6.45) is 1.81.